The number of amides is 2. The highest BCUT2D eigenvalue weighted by molar-refractivity contribution is 7.99. The van der Waals surface area contributed by atoms with Crippen molar-refractivity contribution in [1.82, 2.24) is 5.32 Å². The lowest BCUT2D eigenvalue weighted by Crippen LogP contribution is -2.29. The fourth-order valence-corrected chi connectivity index (χ4v) is 3.23. The van der Waals surface area contributed by atoms with E-state index >= 15 is 0 Å². The number of thioether (sulfide) groups is 1. The third-order valence-electron chi connectivity index (χ3n) is 3.97. The van der Waals surface area contributed by atoms with E-state index in [1.165, 1.54) is 0 Å². The number of hydrogen-bond donors (Lipinski definition) is 2. The zero-order chi connectivity index (χ0) is 17.5. The average molecular weight is 345 g/mol. The Morgan fingerprint density at radius 2 is 2.12 bits per heavy atom. The van der Waals surface area contributed by atoms with Crippen molar-refractivity contribution in [2.24, 2.45) is 17.8 Å². The Balaban J connectivity index is 1.78. The predicted molar refractivity (Wildman–Crippen MR) is 95.5 cm³/mol. The highest BCUT2D eigenvalue weighted by atomic mass is 32.2. The summed E-state index contributed by atoms with van der Waals surface area (Å²) < 4.78 is 0. The van der Waals surface area contributed by atoms with Gasteiger partial charge in [-0.15, -0.1) is 11.8 Å². The Hall–Kier alpha value is -2.00. The van der Waals surface area contributed by atoms with E-state index in [0.717, 1.165) is 17.0 Å². The summed E-state index contributed by atoms with van der Waals surface area (Å²) in [5, 5.41) is 14.6. The molecule has 5 nitrogen and oxygen atoms in total. The van der Waals surface area contributed by atoms with E-state index in [2.05, 4.69) is 23.6 Å². The number of rotatable bonds is 8. The van der Waals surface area contributed by atoms with Crippen LogP contribution in [0.3, 0.4) is 0 Å². The lowest BCUT2D eigenvalue weighted by atomic mass is 10.3. The molecular formula is C18H23N3O2S. The molecule has 2 rings (SSSR count). The molecule has 24 heavy (non-hydrogen) atoms. The number of benzene rings is 1. The Bertz CT molecular complexity index is 641. The Morgan fingerprint density at radius 3 is 2.79 bits per heavy atom. The summed E-state index contributed by atoms with van der Waals surface area (Å²) in [5.74, 6) is 1.17. The molecule has 1 fully saturated rings. The number of carbonyl (C=O) groups excluding carboxylic acids is 2. The number of anilines is 1. The number of nitrogens with one attached hydrogen (secondary N) is 2. The van der Waals surface area contributed by atoms with Crippen molar-refractivity contribution in [3.63, 3.8) is 0 Å². The predicted octanol–water partition coefficient (Wildman–Crippen LogP) is 3.04. The number of nitriles is 1. The Kier molecular flexibility index (Phi) is 6.68. The molecule has 0 aliphatic heterocycles. The summed E-state index contributed by atoms with van der Waals surface area (Å²) >= 11 is 1.56. The van der Waals surface area contributed by atoms with Crippen molar-refractivity contribution in [3.05, 3.63) is 24.3 Å². The molecule has 0 radical (unpaired) electrons. The van der Waals surface area contributed by atoms with Gasteiger partial charge in [-0.3, -0.25) is 9.59 Å². The number of hydrogen-bond acceptors (Lipinski definition) is 4. The van der Waals surface area contributed by atoms with E-state index in [1.807, 2.05) is 31.2 Å². The third-order valence-corrected chi connectivity index (χ3v) is 5.30. The molecule has 3 unspecified atom stereocenters. The third kappa shape index (κ3) is 5.57. The molecule has 3 atom stereocenters. The smallest absolute Gasteiger partial charge is 0.226 e. The SMILES string of the molecule is CC(C#N)CSc1ccccc1NC(=O)CCNC(=O)C1CC1C. The van der Waals surface area contributed by atoms with Crippen LogP contribution in [0.1, 0.15) is 26.7 Å². The lowest BCUT2D eigenvalue weighted by Gasteiger charge is -2.11. The molecule has 1 aliphatic rings. The first kappa shape index (κ1) is 18.3. The molecule has 1 aliphatic carbocycles. The maximum absolute atomic E-state index is 12.1. The Labute approximate surface area is 147 Å². The van der Waals surface area contributed by atoms with Crippen LogP contribution < -0.4 is 10.6 Å². The largest absolute Gasteiger partial charge is 0.355 e. The minimum Gasteiger partial charge on any atom is -0.355 e. The van der Waals surface area contributed by atoms with Crippen molar-refractivity contribution in [3.8, 4) is 6.07 Å². The first-order chi connectivity index (χ1) is 11.5. The van der Waals surface area contributed by atoms with Gasteiger partial charge < -0.3 is 10.6 Å². The van der Waals surface area contributed by atoms with Crippen LogP contribution >= 0.6 is 11.8 Å². The van der Waals surface area contributed by atoms with Gasteiger partial charge in [-0.05, 0) is 31.4 Å². The van der Waals surface area contributed by atoms with Crippen LogP contribution in [0.15, 0.2) is 29.2 Å². The number of para-hydroxylation sites is 1. The second-order valence-corrected chi connectivity index (χ2v) is 7.31. The van der Waals surface area contributed by atoms with E-state index in [0.29, 0.717) is 18.2 Å². The number of nitrogens with zero attached hydrogens (tertiary/aromatic N) is 1. The van der Waals surface area contributed by atoms with Gasteiger partial charge in [0.2, 0.25) is 11.8 Å². The van der Waals surface area contributed by atoms with E-state index in [4.69, 9.17) is 5.26 Å². The fourth-order valence-electron chi connectivity index (χ4n) is 2.28. The zero-order valence-corrected chi connectivity index (χ0v) is 14.9. The van der Waals surface area contributed by atoms with Crippen LogP contribution in [0.2, 0.25) is 0 Å². The van der Waals surface area contributed by atoms with Crippen molar-refractivity contribution in [2.45, 2.75) is 31.6 Å². The van der Waals surface area contributed by atoms with Crippen molar-refractivity contribution < 1.29 is 9.59 Å². The summed E-state index contributed by atoms with van der Waals surface area (Å²) in [6, 6.07) is 9.76. The zero-order valence-electron chi connectivity index (χ0n) is 14.0. The molecule has 0 heterocycles. The monoisotopic (exact) mass is 345 g/mol. The molecular weight excluding hydrogens is 322 g/mol. The van der Waals surface area contributed by atoms with E-state index in [-0.39, 0.29) is 30.1 Å². The summed E-state index contributed by atoms with van der Waals surface area (Å²) in [5.41, 5.74) is 0.750. The molecule has 0 bridgehead atoms. The van der Waals surface area contributed by atoms with Gasteiger partial charge in [0.15, 0.2) is 0 Å². The van der Waals surface area contributed by atoms with Gasteiger partial charge in [0, 0.05) is 29.5 Å². The highest BCUT2D eigenvalue weighted by Crippen LogP contribution is 2.37. The second-order valence-electron chi connectivity index (χ2n) is 6.25. The molecule has 1 saturated carbocycles. The van der Waals surface area contributed by atoms with Gasteiger partial charge in [-0.2, -0.15) is 5.26 Å². The standard InChI is InChI=1S/C18H23N3O2S/c1-12(10-19)11-24-16-6-4-3-5-15(16)21-17(22)7-8-20-18(23)14-9-13(14)2/h3-6,12-14H,7-9,11H2,1-2H3,(H,20,23)(H,21,22). The van der Waals surface area contributed by atoms with Crippen LogP contribution in [0.5, 0.6) is 0 Å². The summed E-state index contributed by atoms with van der Waals surface area (Å²) in [6.07, 6.45) is 1.20. The van der Waals surface area contributed by atoms with Gasteiger partial charge in [-0.1, -0.05) is 19.1 Å². The van der Waals surface area contributed by atoms with Crippen molar-refractivity contribution in [2.75, 3.05) is 17.6 Å². The molecule has 1 aromatic rings. The highest BCUT2D eigenvalue weighted by Gasteiger charge is 2.38. The summed E-state index contributed by atoms with van der Waals surface area (Å²) in [7, 11) is 0. The Morgan fingerprint density at radius 1 is 1.42 bits per heavy atom. The fraction of sp³-hybridized carbons (Fsp3) is 0.500. The summed E-state index contributed by atoms with van der Waals surface area (Å²) in [6.45, 7) is 4.28. The van der Waals surface area contributed by atoms with Gasteiger partial charge in [-0.25, -0.2) is 0 Å². The maximum atomic E-state index is 12.1. The first-order valence-electron chi connectivity index (χ1n) is 8.20. The van der Waals surface area contributed by atoms with Crippen molar-refractivity contribution in [1.29, 1.82) is 5.26 Å². The minimum atomic E-state index is -0.125. The van der Waals surface area contributed by atoms with E-state index in [9.17, 15) is 9.59 Å². The molecule has 0 saturated heterocycles. The maximum Gasteiger partial charge on any atom is 0.226 e. The van der Waals surface area contributed by atoms with E-state index < -0.39 is 0 Å². The van der Waals surface area contributed by atoms with Crippen LogP contribution in [-0.2, 0) is 9.59 Å². The normalized spacial score (nSPS) is 19.9. The number of carbonyl (C=O) groups is 2. The van der Waals surface area contributed by atoms with Crippen LogP contribution in [0.25, 0.3) is 0 Å². The van der Waals surface area contributed by atoms with Gasteiger partial charge in [0.05, 0.1) is 17.7 Å². The van der Waals surface area contributed by atoms with Gasteiger partial charge in [0.25, 0.3) is 0 Å². The van der Waals surface area contributed by atoms with Gasteiger partial charge >= 0.3 is 0 Å². The minimum absolute atomic E-state index is 0.0428. The molecule has 128 valence electrons. The van der Waals surface area contributed by atoms with Crippen LogP contribution in [0, 0.1) is 29.1 Å². The van der Waals surface area contributed by atoms with Crippen LogP contribution in [-0.4, -0.2) is 24.1 Å². The van der Waals surface area contributed by atoms with Crippen molar-refractivity contribution >= 4 is 29.3 Å². The van der Waals surface area contributed by atoms with E-state index in [1.54, 1.807) is 11.8 Å². The topological polar surface area (TPSA) is 82.0 Å². The summed E-state index contributed by atoms with van der Waals surface area (Å²) in [4.78, 5) is 24.7. The quantitative estimate of drug-likeness (QED) is 0.710. The lowest BCUT2D eigenvalue weighted by molar-refractivity contribution is -0.122. The van der Waals surface area contributed by atoms with Gasteiger partial charge in [0.1, 0.15) is 0 Å². The first-order valence-corrected chi connectivity index (χ1v) is 9.18. The molecule has 2 amide bonds. The molecule has 1 aromatic carbocycles. The van der Waals surface area contributed by atoms with Crippen LogP contribution in [0.4, 0.5) is 5.69 Å². The average Bonchev–Trinajstić information content (AvgIpc) is 3.30. The molecule has 2 N–H and O–H groups in total. The molecule has 0 spiro atoms. The second kappa shape index (κ2) is 8.74. The molecule has 0 aromatic heterocycles. The molecule has 6 heteroatoms.